The Morgan fingerprint density at radius 1 is 1.43 bits per heavy atom. The zero-order chi connectivity index (χ0) is 17.0. The third-order valence-corrected chi connectivity index (χ3v) is 5.92. The van der Waals surface area contributed by atoms with Crippen molar-refractivity contribution in [2.75, 3.05) is 26.8 Å². The number of hydrogen-bond acceptors (Lipinski definition) is 5. The Hall–Kier alpha value is -1.31. The predicted molar refractivity (Wildman–Crippen MR) is 86.1 cm³/mol. The van der Waals surface area contributed by atoms with Crippen molar-refractivity contribution in [3.63, 3.8) is 0 Å². The SMILES string of the molecule is CCOC(=O)C1CCCN(S(=O)(=O)c2ccc(OC)c(Cl)c2)C1. The van der Waals surface area contributed by atoms with Gasteiger partial charge < -0.3 is 9.47 Å². The lowest BCUT2D eigenvalue weighted by molar-refractivity contribution is -0.149. The molecule has 0 bridgehead atoms. The van der Waals surface area contributed by atoms with Crippen LogP contribution in [0.15, 0.2) is 23.1 Å². The summed E-state index contributed by atoms with van der Waals surface area (Å²) in [5, 5.41) is 0.229. The number of piperidine rings is 1. The number of halogens is 1. The molecule has 0 saturated carbocycles. The molecule has 1 heterocycles. The summed E-state index contributed by atoms with van der Waals surface area (Å²) in [7, 11) is -2.24. The van der Waals surface area contributed by atoms with E-state index in [1.165, 1.54) is 29.6 Å². The number of benzene rings is 1. The number of hydrogen-bond donors (Lipinski definition) is 0. The zero-order valence-electron chi connectivity index (χ0n) is 13.1. The normalized spacial score (nSPS) is 19.3. The maximum atomic E-state index is 12.7. The molecule has 1 aromatic rings. The number of carbonyl (C=O) groups is 1. The summed E-state index contributed by atoms with van der Waals surface area (Å²) in [6, 6.07) is 4.33. The molecule has 23 heavy (non-hydrogen) atoms. The summed E-state index contributed by atoms with van der Waals surface area (Å²) in [6.45, 7) is 2.53. The molecule has 1 atom stereocenters. The molecule has 0 spiro atoms. The van der Waals surface area contributed by atoms with Gasteiger partial charge in [-0.3, -0.25) is 4.79 Å². The minimum absolute atomic E-state index is 0.0906. The second-order valence-electron chi connectivity index (χ2n) is 5.25. The lowest BCUT2D eigenvalue weighted by Crippen LogP contribution is -2.42. The van der Waals surface area contributed by atoms with Gasteiger partial charge in [0.2, 0.25) is 10.0 Å². The first-order valence-electron chi connectivity index (χ1n) is 7.40. The fourth-order valence-corrected chi connectivity index (χ4v) is 4.44. The van der Waals surface area contributed by atoms with Crippen LogP contribution in [0.4, 0.5) is 0 Å². The van der Waals surface area contributed by atoms with E-state index in [1.807, 2.05) is 0 Å². The van der Waals surface area contributed by atoms with Crippen molar-refractivity contribution in [2.45, 2.75) is 24.7 Å². The Bertz CT molecular complexity index is 676. The molecule has 1 unspecified atom stereocenters. The standard InChI is InChI=1S/C15H20ClNO5S/c1-3-22-15(18)11-5-4-8-17(10-11)23(19,20)12-6-7-14(21-2)13(16)9-12/h6-7,9,11H,3-5,8,10H2,1-2H3. The summed E-state index contributed by atoms with van der Waals surface area (Å²) < 4.78 is 36.8. The van der Waals surface area contributed by atoms with Gasteiger partial charge in [-0.15, -0.1) is 0 Å². The first kappa shape index (κ1) is 18.0. The van der Waals surface area contributed by atoms with E-state index in [1.54, 1.807) is 6.92 Å². The number of methoxy groups -OCH3 is 1. The first-order valence-corrected chi connectivity index (χ1v) is 9.22. The average Bonchev–Trinajstić information content (AvgIpc) is 2.55. The molecular formula is C15H20ClNO5S. The van der Waals surface area contributed by atoms with Crippen LogP contribution in [0, 0.1) is 5.92 Å². The van der Waals surface area contributed by atoms with Crippen LogP contribution in [0.3, 0.4) is 0 Å². The van der Waals surface area contributed by atoms with Gasteiger partial charge in [0, 0.05) is 13.1 Å². The molecule has 0 radical (unpaired) electrons. The average molecular weight is 362 g/mol. The maximum absolute atomic E-state index is 12.7. The van der Waals surface area contributed by atoms with Gasteiger partial charge in [0.15, 0.2) is 0 Å². The van der Waals surface area contributed by atoms with Crippen LogP contribution in [0.5, 0.6) is 5.75 Å². The third kappa shape index (κ3) is 3.97. The van der Waals surface area contributed by atoms with E-state index >= 15 is 0 Å². The van der Waals surface area contributed by atoms with Gasteiger partial charge in [-0.1, -0.05) is 11.6 Å². The Morgan fingerprint density at radius 2 is 2.17 bits per heavy atom. The number of nitrogens with zero attached hydrogens (tertiary/aromatic N) is 1. The van der Waals surface area contributed by atoms with Crippen LogP contribution in [-0.2, 0) is 19.6 Å². The highest BCUT2D eigenvalue weighted by molar-refractivity contribution is 7.89. The first-order chi connectivity index (χ1) is 10.9. The lowest BCUT2D eigenvalue weighted by Gasteiger charge is -2.30. The fraction of sp³-hybridized carbons (Fsp3) is 0.533. The predicted octanol–water partition coefficient (Wildman–Crippen LogP) is 2.31. The Kier molecular flexibility index (Phi) is 5.89. The van der Waals surface area contributed by atoms with Gasteiger partial charge in [-0.25, -0.2) is 8.42 Å². The van der Waals surface area contributed by atoms with Crippen molar-refractivity contribution in [1.29, 1.82) is 0 Å². The van der Waals surface area contributed by atoms with Crippen molar-refractivity contribution in [1.82, 2.24) is 4.31 Å². The van der Waals surface area contributed by atoms with Gasteiger partial charge in [-0.2, -0.15) is 4.31 Å². The molecule has 0 N–H and O–H groups in total. The van der Waals surface area contributed by atoms with Crippen LogP contribution in [-0.4, -0.2) is 45.5 Å². The van der Waals surface area contributed by atoms with Gasteiger partial charge >= 0.3 is 5.97 Å². The van der Waals surface area contributed by atoms with E-state index in [0.29, 0.717) is 25.1 Å². The highest BCUT2D eigenvalue weighted by Crippen LogP contribution is 2.30. The molecule has 0 aliphatic carbocycles. The molecule has 0 amide bonds. The molecular weight excluding hydrogens is 342 g/mol. The van der Waals surface area contributed by atoms with E-state index in [2.05, 4.69) is 0 Å². The number of carbonyl (C=O) groups excluding carboxylic acids is 1. The van der Waals surface area contributed by atoms with Gasteiger partial charge in [-0.05, 0) is 38.0 Å². The summed E-state index contributed by atoms with van der Waals surface area (Å²) >= 11 is 6.01. The lowest BCUT2D eigenvalue weighted by atomic mass is 10.0. The van der Waals surface area contributed by atoms with E-state index < -0.39 is 15.9 Å². The van der Waals surface area contributed by atoms with Crippen LogP contribution >= 0.6 is 11.6 Å². The molecule has 8 heteroatoms. The van der Waals surface area contributed by atoms with Gasteiger partial charge in [0.25, 0.3) is 0 Å². The van der Waals surface area contributed by atoms with Crippen LogP contribution in [0.25, 0.3) is 0 Å². The van der Waals surface area contributed by atoms with E-state index in [9.17, 15) is 13.2 Å². The number of rotatable bonds is 5. The number of ether oxygens (including phenoxy) is 2. The number of sulfonamides is 1. The molecule has 0 aromatic heterocycles. The number of esters is 1. The second kappa shape index (κ2) is 7.51. The van der Waals surface area contributed by atoms with Crippen molar-refractivity contribution in [3.8, 4) is 5.75 Å². The topological polar surface area (TPSA) is 72.9 Å². The summed E-state index contributed by atoms with van der Waals surface area (Å²) in [5.74, 6) is -0.360. The molecule has 1 saturated heterocycles. The third-order valence-electron chi connectivity index (χ3n) is 3.77. The molecule has 1 fully saturated rings. The van der Waals surface area contributed by atoms with Crippen LogP contribution in [0.1, 0.15) is 19.8 Å². The quantitative estimate of drug-likeness (QED) is 0.752. The summed E-state index contributed by atoms with van der Waals surface area (Å²) in [4.78, 5) is 12.0. The van der Waals surface area contributed by atoms with Crippen molar-refractivity contribution in [2.24, 2.45) is 5.92 Å². The molecule has 1 aromatic carbocycles. The van der Waals surface area contributed by atoms with Crippen molar-refractivity contribution >= 4 is 27.6 Å². The van der Waals surface area contributed by atoms with Gasteiger partial charge in [0.05, 0.1) is 29.6 Å². The summed E-state index contributed by atoms with van der Waals surface area (Å²) in [5.41, 5.74) is 0. The van der Waals surface area contributed by atoms with Crippen LogP contribution < -0.4 is 4.74 Å². The maximum Gasteiger partial charge on any atom is 0.310 e. The van der Waals surface area contributed by atoms with Gasteiger partial charge in [0.1, 0.15) is 5.75 Å². The van der Waals surface area contributed by atoms with E-state index in [-0.39, 0.29) is 29.0 Å². The highest BCUT2D eigenvalue weighted by Gasteiger charge is 2.34. The molecule has 1 aliphatic heterocycles. The van der Waals surface area contributed by atoms with Crippen molar-refractivity contribution < 1.29 is 22.7 Å². The monoisotopic (exact) mass is 361 g/mol. The minimum atomic E-state index is -3.71. The molecule has 6 nitrogen and oxygen atoms in total. The summed E-state index contributed by atoms with van der Waals surface area (Å²) in [6.07, 6.45) is 1.25. The van der Waals surface area contributed by atoms with Crippen molar-refractivity contribution in [3.05, 3.63) is 23.2 Å². The largest absolute Gasteiger partial charge is 0.495 e. The van der Waals surface area contributed by atoms with E-state index in [0.717, 1.165) is 0 Å². The van der Waals surface area contributed by atoms with E-state index in [4.69, 9.17) is 21.1 Å². The Labute approximate surface area is 141 Å². The Morgan fingerprint density at radius 3 is 2.78 bits per heavy atom. The van der Waals surface area contributed by atoms with Crippen LogP contribution in [0.2, 0.25) is 5.02 Å². The smallest absolute Gasteiger partial charge is 0.310 e. The minimum Gasteiger partial charge on any atom is -0.495 e. The fourth-order valence-electron chi connectivity index (χ4n) is 2.57. The molecule has 1 aliphatic rings. The molecule has 2 rings (SSSR count). The Balaban J connectivity index is 2.21. The highest BCUT2D eigenvalue weighted by atomic mass is 35.5. The molecule has 128 valence electrons. The second-order valence-corrected chi connectivity index (χ2v) is 7.60. The zero-order valence-corrected chi connectivity index (χ0v) is 14.7.